The largest absolute Gasteiger partial charge is 0.507 e. The van der Waals surface area contributed by atoms with Crippen LogP contribution in [-0.4, -0.2) is 5.11 Å². The molecule has 2 aromatic rings. The van der Waals surface area contributed by atoms with Gasteiger partial charge in [0.2, 0.25) is 0 Å². The minimum absolute atomic E-state index is 0.378. The minimum atomic E-state index is 0.378. The van der Waals surface area contributed by atoms with Crippen LogP contribution in [0.25, 0.3) is 0 Å². The molecule has 0 atom stereocenters. The molecule has 0 saturated heterocycles. The highest BCUT2D eigenvalue weighted by atomic mass is 79.9. The Labute approximate surface area is 120 Å². The van der Waals surface area contributed by atoms with Crippen molar-refractivity contribution < 1.29 is 5.11 Å². The van der Waals surface area contributed by atoms with Crippen molar-refractivity contribution in [3.63, 3.8) is 0 Å². The number of halogens is 1. The van der Waals surface area contributed by atoms with Crippen molar-refractivity contribution in [2.24, 2.45) is 0 Å². The first-order chi connectivity index (χ1) is 8.49. The zero-order valence-electron chi connectivity index (χ0n) is 10.7. The molecular formula is C14H16BrNOS. The molecule has 2 N–H and O–H groups in total. The van der Waals surface area contributed by atoms with Gasteiger partial charge in [-0.25, -0.2) is 0 Å². The van der Waals surface area contributed by atoms with E-state index in [1.807, 2.05) is 26.0 Å². The van der Waals surface area contributed by atoms with Crippen molar-refractivity contribution in [1.29, 1.82) is 0 Å². The highest BCUT2D eigenvalue weighted by Crippen LogP contribution is 2.30. The second-order valence-corrected chi connectivity index (χ2v) is 6.57. The molecule has 2 nitrogen and oxygen atoms in total. The summed E-state index contributed by atoms with van der Waals surface area (Å²) in [7, 11) is 0. The van der Waals surface area contributed by atoms with E-state index in [-0.39, 0.29) is 0 Å². The summed E-state index contributed by atoms with van der Waals surface area (Å²) in [6, 6.07) is 6.08. The Morgan fingerprint density at radius 2 is 2.00 bits per heavy atom. The van der Waals surface area contributed by atoms with E-state index in [1.165, 1.54) is 9.75 Å². The van der Waals surface area contributed by atoms with Gasteiger partial charge in [-0.1, -0.05) is 6.07 Å². The van der Waals surface area contributed by atoms with Gasteiger partial charge in [0, 0.05) is 32.0 Å². The number of benzene rings is 1. The molecule has 1 heterocycles. The summed E-state index contributed by atoms with van der Waals surface area (Å²) in [5.74, 6) is 0.378. The Bertz CT molecular complexity index is 558. The number of phenolic OH excluding ortho intramolecular Hbond substituents is 1. The average Bonchev–Trinajstić information content (AvgIpc) is 2.65. The second-order valence-electron chi connectivity index (χ2n) is 4.37. The highest BCUT2D eigenvalue weighted by molar-refractivity contribution is 9.10. The first kappa shape index (κ1) is 13.4. The van der Waals surface area contributed by atoms with Gasteiger partial charge in [0.25, 0.3) is 0 Å². The normalized spacial score (nSPS) is 10.7. The van der Waals surface area contributed by atoms with Crippen molar-refractivity contribution in [2.75, 3.05) is 5.32 Å². The summed E-state index contributed by atoms with van der Waals surface area (Å²) in [6.07, 6.45) is 0. The number of hydrogen-bond donors (Lipinski definition) is 2. The zero-order chi connectivity index (χ0) is 13.3. The fourth-order valence-electron chi connectivity index (χ4n) is 1.81. The van der Waals surface area contributed by atoms with Crippen LogP contribution in [0.2, 0.25) is 0 Å². The molecule has 0 unspecified atom stereocenters. The maximum absolute atomic E-state index is 9.89. The van der Waals surface area contributed by atoms with Gasteiger partial charge in [-0.2, -0.15) is 0 Å². The van der Waals surface area contributed by atoms with Crippen LogP contribution in [-0.2, 0) is 6.54 Å². The molecule has 1 aromatic heterocycles. The summed E-state index contributed by atoms with van der Waals surface area (Å²) in [5, 5.41) is 13.3. The standard InChI is InChI=1S/C14H16BrNOS/c1-8-4-5-13(9(2)14(8)17)16-7-11-6-12(15)10(3)18-11/h4-6,16-17H,7H2,1-3H3. The molecule has 2 rings (SSSR count). The maximum atomic E-state index is 9.89. The fraction of sp³-hybridized carbons (Fsp3) is 0.286. The predicted octanol–water partition coefficient (Wildman–Crippen LogP) is 4.75. The number of rotatable bonds is 3. The van der Waals surface area contributed by atoms with Gasteiger partial charge in [-0.15, -0.1) is 11.3 Å². The summed E-state index contributed by atoms with van der Waals surface area (Å²) in [4.78, 5) is 2.56. The van der Waals surface area contributed by atoms with Crippen LogP contribution in [0.3, 0.4) is 0 Å². The number of aryl methyl sites for hydroxylation is 2. The summed E-state index contributed by atoms with van der Waals surface area (Å²) in [5.41, 5.74) is 2.80. The Kier molecular flexibility index (Phi) is 3.97. The molecule has 0 amide bonds. The van der Waals surface area contributed by atoms with E-state index in [2.05, 4.69) is 34.2 Å². The molecule has 96 valence electrons. The first-order valence-electron chi connectivity index (χ1n) is 5.77. The molecule has 0 spiro atoms. The summed E-state index contributed by atoms with van der Waals surface area (Å²) < 4.78 is 1.16. The van der Waals surface area contributed by atoms with Crippen molar-refractivity contribution in [3.05, 3.63) is 43.6 Å². The SMILES string of the molecule is Cc1ccc(NCc2cc(Br)c(C)s2)c(C)c1O. The maximum Gasteiger partial charge on any atom is 0.123 e. The minimum Gasteiger partial charge on any atom is -0.507 e. The quantitative estimate of drug-likeness (QED) is 0.853. The van der Waals surface area contributed by atoms with Gasteiger partial charge in [0.05, 0.1) is 0 Å². The molecule has 4 heteroatoms. The van der Waals surface area contributed by atoms with Gasteiger partial charge in [0.1, 0.15) is 5.75 Å². The van der Waals surface area contributed by atoms with E-state index >= 15 is 0 Å². The molecule has 1 aromatic carbocycles. The second kappa shape index (κ2) is 5.33. The lowest BCUT2D eigenvalue weighted by Crippen LogP contribution is -1.99. The van der Waals surface area contributed by atoms with E-state index in [4.69, 9.17) is 0 Å². The third-order valence-corrected chi connectivity index (χ3v) is 5.13. The van der Waals surface area contributed by atoms with E-state index in [0.717, 1.165) is 27.8 Å². The Balaban J connectivity index is 2.13. The van der Waals surface area contributed by atoms with Crippen molar-refractivity contribution in [3.8, 4) is 5.75 Å². The molecule has 0 aliphatic heterocycles. The Hall–Kier alpha value is -1.00. The number of nitrogens with one attached hydrogen (secondary N) is 1. The van der Waals surface area contributed by atoms with Crippen molar-refractivity contribution >= 4 is 33.0 Å². The van der Waals surface area contributed by atoms with Crippen LogP contribution >= 0.6 is 27.3 Å². The van der Waals surface area contributed by atoms with Crippen LogP contribution < -0.4 is 5.32 Å². The zero-order valence-corrected chi connectivity index (χ0v) is 13.1. The van der Waals surface area contributed by atoms with Crippen LogP contribution in [0.1, 0.15) is 20.9 Å². The van der Waals surface area contributed by atoms with Gasteiger partial charge < -0.3 is 10.4 Å². The summed E-state index contributed by atoms with van der Waals surface area (Å²) >= 11 is 5.30. The lowest BCUT2D eigenvalue weighted by Gasteiger charge is -2.11. The van der Waals surface area contributed by atoms with E-state index < -0.39 is 0 Å². The van der Waals surface area contributed by atoms with Crippen LogP contribution in [0.5, 0.6) is 5.75 Å². The molecular weight excluding hydrogens is 310 g/mol. The van der Waals surface area contributed by atoms with Gasteiger partial charge in [0.15, 0.2) is 0 Å². The average molecular weight is 326 g/mol. The summed E-state index contributed by atoms with van der Waals surface area (Å²) in [6.45, 7) is 6.72. The smallest absolute Gasteiger partial charge is 0.123 e. The fourth-order valence-corrected chi connectivity index (χ4v) is 3.36. The van der Waals surface area contributed by atoms with E-state index in [1.54, 1.807) is 11.3 Å². The number of anilines is 1. The lowest BCUT2D eigenvalue weighted by atomic mass is 10.1. The molecule has 0 saturated carbocycles. The molecule has 18 heavy (non-hydrogen) atoms. The molecule has 0 fully saturated rings. The number of thiophene rings is 1. The van der Waals surface area contributed by atoms with Crippen LogP contribution in [0.15, 0.2) is 22.7 Å². The first-order valence-corrected chi connectivity index (χ1v) is 7.38. The molecule has 0 aliphatic rings. The molecule has 0 radical (unpaired) electrons. The van der Waals surface area contributed by atoms with E-state index in [0.29, 0.717) is 5.75 Å². The molecule has 0 aliphatic carbocycles. The highest BCUT2D eigenvalue weighted by Gasteiger charge is 2.07. The topological polar surface area (TPSA) is 32.3 Å². The van der Waals surface area contributed by atoms with Gasteiger partial charge in [-0.3, -0.25) is 0 Å². The van der Waals surface area contributed by atoms with E-state index in [9.17, 15) is 5.11 Å². The lowest BCUT2D eigenvalue weighted by molar-refractivity contribution is 0.467. The molecule has 0 bridgehead atoms. The van der Waals surface area contributed by atoms with Crippen molar-refractivity contribution in [1.82, 2.24) is 0 Å². The Morgan fingerprint density at radius 1 is 1.28 bits per heavy atom. The number of aromatic hydroxyl groups is 1. The van der Waals surface area contributed by atoms with Crippen molar-refractivity contribution in [2.45, 2.75) is 27.3 Å². The van der Waals surface area contributed by atoms with Gasteiger partial charge >= 0.3 is 0 Å². The number of phenols is 1. The van der Waals surface area contributed by atoms with Crippen LogP contribution in [0.4, 0.5) is 5.69 Å². The monoisotopic (exact) mass is 325 g/mol. The number of hydrogen-bond acceptors (Lipinski definition) is 3. The Morgan fingerprint density at radius 3 is 2.61 bits per heavy atom. The van der Waals surface area contributed by atoms with Gasteiger partial charge in [-0.05, 0) is 54.4 Å². The third kappa shape index (κ3) is 2.70. The van der Waals surface area contributed by atoms with Crippen LogP contribution in [0, 0.1) is 20.8 Å². The predicted molar refractivity (Wildman–Crippen MR) is 81.7 cm³/mol. The third-order valence-electron chi connectivity index (χ3n) is 2.99.